The molecule has 6 nitrogen and oxygen atoms in total. The number of carboxylic acids is 1. The first-order valence-corrected chi connectivity index (χ1v) is 5.03. The highest BCUT2D eigenvalue weighted by Gasteiger charge is 2.47. The van der Waals surface area contributed by atoms with Crippen molar-refractivity contribution in [3.8, 4) is 11.5 Å². The summed E-state index contributed by atoms with van der Waals surface area (Å²) in [6, 6.07) is 2.73. The number of rotatable bonds is 1. The van der Waals surface area contributed by atoms with E-state index in [-0.39, 0.29) is 23.3 Å². The quantitative estimate of drug-likeness (QED) is 0.702. The van der Waals surface area contributed by atoms with Crippen molar-refractivity contribution in [3.63, 3.8) is 0 Å². The van der Waals surface area contributed by atoms with Gasteiger partial charge in [0.2, 0.25) is 0 Å². The van der Waals surface area contributed by atoms with Gasteiger partial charge in [0.05, 0.1) is 12.0 Å². The number of carbonyl (C=O) groups excluding carboxylic acids is 1. The Bertz CT molecular complexity index is 535. The maximum atomic E-state index is 11.1. The first-order valence-electron chi connectivity index (χ1n) is 5.03. The normalized spacial score (nSPS) is 24.8. The average molecular weight is 236 g/mol. The van der Waals surface area contributed by atoms with Gasteiger partial charge in [-0.3, -0.25) is 4.79 Å². The summed E-state index contributed by atoms with van der Waals surface area (Å²) in [7, 11) is 0. The summed E-state index contributed by atoms with van der Waals surface area (Å²) in [5, 5.41) is 18.6. The van der Waals surface area contributed by atoms with Crippen molar-refractivity contribution < 1.29 is 29.3 Å². The molecule has 0 spiro atoms. The number of phenols is 1. The number of aromatic hydroxyl groups is 1. The predicted octanol–water partition coefficient (Wildman–Crippen LogP) is 0.839. The molecule has 2 aliphatic rings. The van der Waals surface area contributed by atoms with Crippen LogP contribution in [0.3, 0.4) is 0 Å². The summed E-state index contributed by atoms with van der Waals surface area (Å²) in [6.45, 7) is 0. The molecule has 0 saturated carbocycles. The van der Waals surface area contributed by atoms with E-state index in [4.69, 9.17) is 14.6 Å². The SMILES string of the molecule is O=C1C[C@H]2Oc3ccc(O)c(C(=O)O)c3[C@H]2O1. The molecule has 1 fully saturated rings. The third kappa shape index (κ3) is 1.27. The molecule has 0 aromatic heterocycles. The van der Waals surface area contributed by atoms with Gasteiger partial charge in [-0.2, -0.15) is 0 Å². The Labute approximate surface area is 95.4 Å². The lowest BCUT2D eigenvalue weighted by atomic mass is 9.99. The standard InChI is InChI=1S/C11H8O6/c12-4-1-2-5-9(8(4)11(14)15)10-6(16-5)3-7(13)17-10/h1-2,6,10,12H,3H2,(H,14,15)/t6-,10+/m1/s1. The van der Waals surface area contributed by atoms with Crippen LogP contribution in [0.25, 0.3) is 0 Å². The van der Waals surface area contributed by atoms with Gasteiger partial charge in [0.1, 0.15) is 17.1 Å². The Morgan fingerprint density at radius 3 is 2.82 bits per heavy atom. The molecule has 1 aromatic carbocycles. The number of benzene rings is 1. The van der Waals surface area contributed by atoms with Crippen molar-refractivity contribution >= 4 is 11.9 Å². The van der Waals surface area contributed by atoms with Crippen LogP contribution >= 0.6 is 0 Å². The van der Waals surface area contributed by atoms with E-state index < -0.39 is 24.1 Å². The van der Waals surface area contributed by atoms with E-state index in [0.717, 1.165) is 0 Å². The van der Waals surface area contributed by atoms with E-state index >= 15 is 0 Å². The number of aromatic carboxylic acids is 1. The highest BCUT2D eigenvalue weighted by molar-refractivity contribution is 5.94. The van der Waals surface area contributed by atoms with Crippen LogP contribution in [0.1, 0.15) is 28.4 Å². The minimum atomic E-state index is -1.27. The first-order chi connectivity index (χ1) is 8.08. The minimum Gasteiger partial charge on any atom is -0.507 e. The van der Waals surface area contributed by atoms with Crippen molar-refractivity contribution in [3.05, 3.63) is 23.3 Å². The van der Waals surface area contributed by atoms with Crippen LogP contribution in [-0.2, 0) is 9.53 Å². The van der Waals surface area contributed by atoms with Crippen LogP contribution < -0.4 is 4.74 Å². The molecule has 3 rings (SSSR count). The minimum absolute atomic E-state index is 0.0964. The predicted molar refractivity (Wildman–Crippen MR) is 52.9 cm³/mol. The summed E-state index contributed by atoms with van der Waals surface area (Å²) >= 11 is 0. The second-order valence-corrected chi connectivity index (χ2v) is 3.95. The van der Waals surface area contributed by atoms with E-state index in [9.17, 15) is 14.7 Å². The monoisotopic (exact) mass is 236 g/mol. The van der Waals surface area contributed by atoms with Gasteiger partial charge >= 0.3 is 11.9 Å². The van der Waals surface area contributed by atoms with Crippen LogP contribution in [0.4, 0.5) is 0 Å². The molecule has 6 heteroatoms. The highest BCUT2D eigenvalue weighted by atomic mass is 16.6. The Hall–Kier alpha value is -2.24. The molecule has 0 amide bonds. The zero-order chi connectivity index (χ0) is 12.2. The van der Waals surface area contributed by atoms with Crippen molar-refractivity contribution in [1.29, 1.82) is 0 Å². The smallest absolute Gasteiger partial charge is 0.340 e. The third-order valence-corrected chi connectivity index (χ3v) is 2.92. The molecule has 0 bridgehead atoms. The van der Waals surface area contributed by atoms with E-state index in [0.29, 0.717) is 5.75 Å². The van der Waals surface area contributed by atoms with Crippen LogP contribution in [0.2, 0.25) is 0 Å². The van der Waals surface area contributed by atoms with Gasteiger partial charge in [-0.1, -0.05) is 0 Å². The zero-order valence-electron chi connectivity index (χ0n) is 8.54. The Morgan fingerprint density at radius 2 is 2.12 bits per heavy atom. The lowest BCUT2D eigenvalue weighted by molar-refractivity contribution is -0.141. The van der Waals surface area contributed by atoms with Gasteiger partial charge in [0.15, 0.2) is 12.2 Å². The molecule has 2 N–H and O–H groups in total. The van der Waals surface area contributed by atoms with Gasteiger partial charge in [0.25, 0.3) is 0 Å². The maximum Gasteiger partial charge on any atom is 0.340 e. The molecule has 0 radical (unpaired) electrons. The third-order valence-electron chi connectivity index (χ3n) is 2.92. The van der Waals surface area contributed by atoms with Crippen molar-refractivity contribution in [2.75, 3.05) is 0 Å². The zero-order valence-corrected chi connectivity index (χ0v) is 8.54. The van der Waals surface area contributed by atoms with E-state index in [1.54, 1.807) is 0 Å². The molecule has 0 aliphatic carbocycles. The molecule has 1 saturated heterocycles. The van der Waals surface area contributed by atoms with Gasteiger partial charge < -0.3 is 19.7 Å². The van der Waals surface area contributed by atoms with Gasteiger partial charge in [-0.05, 0) is 12.1 Å². The highest BCUT2D eigenvalue weighted by Crippen LogP contribution is 2.47. The van der Waals surface area contributed by atoms with Gasteiger partial charge in [0, 0.05) is 0 Å². The number of hydrogen-bond donors (Lipinski definition) is 2. The number of esters is 1. The number of carbonyl (C=O) groups is 2. The molecular weight excluding hydrogens is 228 g/mol. The van der Waals surface area contributed by atoms with Gasteiger partial charge in [-0.25, -0.2) is 4.79 Å². The summed E-state index contributed by atoms with van der Waals surface area (Å²) < 4.78 is 10.4. The number of carboxylic acid groups (broad SMARTS) is 1. The van der Waals surface area contributed by atoms with Crippen LogP contribution in [0.15, 0.2) is 12.1 Å². The molecule has 2 heterocycles. The summed E-state index contributed by atoms with van der Waals surface area (Å²) in [4.78, 5) is 22.2. The summed E-state index contributed by atoms with van der Waals surface area (Å²) in [5.74, 6) is -1.71. The average Bonchev–Trinajstić information content (AvgIpc) is 2.74. The topological polar surface area (TPSA) is 93.1 Å². The Kier molecular flexibility index (Phi) is 1.83. The van der Waals surface area contributed by atoms with E-state index in [2.05, 4.69) is 0 Å². The lowest BCUT2D eigenvalue weighted by Gasteiger charge is -2.09. The van der Waals surface area contributed by atoms with Crippen LogP contribution in [0.5, 0.6) is 11.5 Å². The maximum absolute atomic E-state index is 11.1. The van der Waals surface area contributed by atoms with Crippen molar-refractivity contribution in [1.82, 2.24) is 0 Å². The number of ether oxygens (including phenoxy) is 2. The molecule has 0 unspecified atom stereocenters. The Balaban J connectivity index is 2.18. The summed E-state index contributed by atoms with van der Waals surface area (Å²) in [6.07, 6.45) is -1.12. The largest absolute Gasteiger partial charge is 0.507 e. The summed E-state index contributed by atoms with van der Waals surface area (Å²) in [5.41, 5.74) is -0.0157. The van der Waals surface area contributed by atoms with Gasteiger partial charge in [-0.15, -0.1) is 0 Å². The second kappa shape index (κ2) is 3.13. The van der Waals surface area contributed by atoms with Crippen LogP contribution in [-0.4, -0.2) is 28.3 Å². The Morgan fingerprint density at radius 1 is 1.35 bits per heavy atom. The fraction of sp³-hybridized carbons (Fsp3) is 0.273. The lowest BCUT2D eigenvalue weighted by Crippen LogP contribution is -2.13. The molecule has 2 atom stereocenters. The van der Waals surface area contributed by atoms with E-state index in [1.807, 2.05) is 0 Å². The molecule has 17 heavy (non-hydrogen) atoms. The van der Waals surface area contributed by atoms with Crippen molar-refractivity contribution in [2.45, 2.75) is 18.6 Å². The van der Waals surface area contributed by atoms with E-state index in [1.165, 1.54) is 12.1 Å². The number of hydrogen-bond acceptors (Lipinski definition) is 5. The fourth-order valence-electron chi connectivity index (χ4n) is 2.25. The van der Waals surface area contributed by atoms with Crippen LogP contribution in [0, 0.1) is 0 Å². The number of fused-ring (bicyclic) bond motifs is 3. The second-order valence-electron chi connectivity index (χ2n) is 3.95. The molecule has 88 valence electrons. The van der Waals surface area contributed by atoms with Crippen molar-refractivity contribution in [2.24, 2.45) is 0 Å². The molecule has 2 aliphatic heterocycles. The molecule has 1 aromatic rings. The fourth-order valence-corrected chi connectivity index (χ4v) is 2.25. The first kappa shape index (κ1) is 9.95. The molecular formula is C11H8O6.